The molecule has 2 amide bonds. The van der Waals surface area contributed by atoms with E-state index in [9.17, 15) is 14.0 Å². The lowest BCUT2D eigenvalue weighted by Gasteiger charge is -2.39. The molecule has 2 aliphatic rings. The van der Waals surface area contributed by atoms with Gasteiger partial charge >= 0.3 is 6.18 Å². The summed E-state index contributed by atoms with van der Waals surface area (Å²) in [6, 6.07) is 9.69. The zero-order chi connectivity index (χ0) is 35.4. The average Bonchev–Trinajstić information content (AvgIpc) is 3.58. The minimum atomic E-state index is -4.98. The van der Waals surface area contributed by atoms with Gasteiger partial charge in [-0.2, -0.15) is 13.2 Å². The maximum atomic E-state index is 15.3. The van der Waals surface area contributed by atoms with E-state index in [0.717, 1.165) is 0 Å². The molecule has 2 aliphatic heterocycles. The van der Waals surface area contributed by atoms with Crippen molar-refractivity contribution in [2.75, 3.05) is 26.7 Å². The topological polar surface area (TPSA) is 124 Å². The molecule has 0 aliphatic carbocycles. The Bertz CT molecular complexity index is 1600. The fourth-order valence-electron chi connectivity index (χ4n) is 5.52. The van der Waals surface area contributed by atoms with Gasteiger partial charge in [-0.25, -0.2) is 4.39 Å². The molecule has 0 saturated carbocycles. The maximum Gasteiger partial charge on any atom is 0.423 e. The monoisotopic (exact) mass is 674 g/mol. The van der Waals surface area contributed by atoms with E-state index in [0.29, 0.717) is 35.4 Å². The number of hydrogen-bond donors (Lipinski definition) is 4. The van der Waals surface area contributed by atoms with Crippen LogP contribution < -0.4 is 31.2 Å². The first-order chi connectivity index (χ1) is 22.5. The summed E-state index contributed by atoms with van der Waals surface area (Å²) in [6.45, 7) is 9.99. The largest absolute Gasteiger partial charge is 0.493 e. The third-order valence-electron chi connectivity index (χ3n) is 8.64. The molecule has 0 radical (unpaired) electrons. The number of amides is 2. The number of rotatable bonds is 13. The lowest BCUT2D eigenvalue weighted by atomic mass is 9.85. The van der Waals surface area contributed by atoms with Crippen LogP contribution in [0.5, 0.6) is 11.5 Å². The van der Waals surface area contributed by atoms with Crippen molar-refractivity contribution in [3.8, 4) is 11.5 Å². The van der Waals surface area contributed by atoms with Crippen LogP contribution in [0, 0.1) is 5.82 Å². The predicted octanol–water partition coefficient (Wildman–Crippen LogP) is 5.18. The standard InChI is InChI=1S/C35H42F4N4O5/c1-7-21(3)48-34(35(37,38)39,19-43-31(44)24-10-13-27(29(17-24)46-6)47-28-14-15-41-32(28)45)20(2)16-26-30(42-18-33(26,5)40)22(4)23-8-11-25(36)12-9-23/h8-13,16-17,21,28,42H,4,7,14-15,18-19,40H2,1-3,5-6H3,(H,41,45)(H,43,44)/b20-16+. The van der Waals surface area contributed by atoms with E-state index in [1.165, 1.54) is 69.5 Å². The van der Waals surface area contributed by atoms with Crippen molar-refractivity contribution < 1.29 is 41.4 Å². The van der Waals surface area contributed by atoms with E-state index in [1.807, 2.05) is 0 Å². The fourth-order valence-corrected chi connectivity index (χ4v) is 5.52. The summed E-state index contributed by atoms with van der Waals surface area (Å²) in [5.41, 5.74) is 4.03. The Morgan fingerprint density at radius 3 is 2.42 bits per heavy atom. The molecule has 260 valence electrons. The number of nitrogens with two attached hydrogens (primary N) is 1. The number of carbonyl (C=O) groups is 2. The smallest absolute Gasteiger partial charge is 0.423 e. The molecule has 2 heterocycles. The van der Waals surface area contributed by atoms with Gasteiger partial charge in [-0.05, 0) is 79.8 Å². The molecule has 4 unspecified atom stereocenters. The van der Waals surface area contributed by atoms with Crippen LogP contribution in [0.15, 0.2) is 72.0 Å². The lowest BCUT2D eigenvalue weighted by Crippen LogP contribution is -2.57. The van der Waals surface area contributed by atoms with E-state index < -0.39 is 47.8 Å². The number of halogens is 4. The number of nitrogens with one attached hydrogen (secondary N) is 3. The molecule has 1 saturated heterocycles. The van der Waals surface area contributed by atoms with E-state index in [4.69, 9.17) is 19.9 Å². The number of allylic oxidation sites excluding steroid dienone is 1. The van der Waals surface area contributed by atoms with Gasteiger partial charge in [0.05, 0.1) is 25.3 Å². The van der Waals surface area contributed by atoms with Gasteiger partial charge in [-0.15, -0.1) is 0 Å². The van der Waals surface area contributed by atoms with Crippen molar-refractivity contribution in [2.45, 2.75) is 70.1 Å². The van der Waals surface area contributed by atoms with Crippen molar-refractivity contribution in [3.63, 3.8) is 0 Å². The van der Waals surface area contributed by atoms with Gasteiger partial charge in [0.1, 0.15) is 5.82 Å². The first-order valence-corrected chi connectivity index (χ1v) is 15.6. The summed E-state index contributed by atoms with van der Waals surface area (Å²) in [4.78, 5) is 25.3. The summed E-state index contributed by atoms with van der Waals surface area (Å²) in [5, 5.41) is 8.23. The minimum Gasteiger partial charge on any atom is -0.493 e. The Morgan fingerprint density at radius 1 is 1.17 bits per heavy atom. The Hall–Kier alpha value is -4.36. The molecule has 4 atom stereocenters. The molecule has 13 heteroatoms. The third-order valence-corrected chi connectivity index (χ3v) is 8.64. The van der Waals surface area contributed by atoms with Crippen LogP contribution in [-0.4, -0.2) is 68.1 Å². The molecule has 4 rings (SSSR count). The van der Waals surface area contributed by atoms with Crippen LogP contribution in [0.1, 0.15) is 56.5 Å². The first kappa shape index (κ1) is 36.5. The van der Waals surface area contributed by atoms with Crippen molar-refractivity contribution in [1.29, 1.82) is 0 Å². The Kier molecular flexibility index (Phi) is 10.9. The molecular weight excluding hydrogens is 632 g/mol. The quantitative estimate of drug-likeness (QED) is 0.216. The Labute approximate surface area is 277 Å². The molecule has 5 N–H and O–H groups in total. The Morgan fingerprint density at radius 2 is 1.83 bits per heavy atom. The van der Waals surface area contributed by atoms with Crippen LogP contribution in [0.4, 0.5) is 17.6 Å². The highest BCUT2D eigenvalue weighted by Gasteiger charge is 2.58. The van der Waals surface area contributed by atoms with E-state index >= 15 is 13.2 Å². The molecular formula is C35H42F4N4O5. The summed E-state index contributed by atoms with van der Waals surface area (Å²) in [5.74, 6) is -1.20. The molecule has 9 nitrogen and oxygen atoms in total. The highest BCUT2D eigenvalue weighted by Crippen LogP contribution is 2.43. The van der Waals surface area contributed by atoms with Crippen molar-refractivity contribution in [3.05, 3.63) is 88.9 Å². The van der Waals surface area contributed by atoms with Gasteiger partial charge in [-0.1, -0.05) is 31.7 Å². The molecule has 2 aromatic rings. The number of methoxy groups -OCH3 is 1. The second kappa shape index (κ2) is 14.4. The van der Waals surface area contributed by atoms with E-state index in [2.05, 4.69) is 22.5 Å². The van der Waals surface area contributed by atoms with Crippen LogP contribution in [0.2, 0.25) is 0 Å². The zero-order valence-electron chi connectivity index (χ0n) is 27.6. The number of carbonyl (C=O) groups excluding carboxylic acids is 2. The SMILES string of the molecule is C=C(C1=C(/C=C(\C)C(CNC(=O)c2ccc(OC3CCNC3=O)c(OC)c2)(OC(C)CC)C(F)(F)F)C(C)(N)CN1)c1ccc(F)cc1. The second-order valence-corrected chi connectivity index (χ2v) is 12.3. The number of hydrogen-bond acceptors (Lipinski definition) is 7. The van der Waals surface area contributed by atoms with Gasteiger partial charge in [0.2, 0.25) is 5.60 Å². The number of alkyl halides is 3. The number of ether oxygens (including phenoxy) is 3. The summed E-state index contributed by atoms with van der Waals surface area (Å²) < 4.78 is 76.4. The molecule has 48 heavy (non-hydrogen) atoms. The summed E-state index contributed by atoms with van der Waals surface area (Å²) >= 11 is 0. The van der Waals surface area contributed by atoms with Crippen LogP contribution in [-0.2, 0) is 9.53 Å². The first-order valence-electron chi connectivity index (χ1n) is 15.6. The maximum absolute atomic E-state index is 15.3. The van der Waals surface area contributed by atoms with E-state index in [1.54, 1.807) is 13.8 Å². The molecule has 2 aromatic carbocycles. The van der Waals surface area contributed by atoms with Crippen LogP contribution in [0.25, 0.3) is 5.57 Å². The van der Waals surface area contributed by atoms with E-state index in [-0.39, 0.29) is 41.5 Å². The third kappa shape index (κ3) is 7.68. The van der Waals surface area contributed by atoms with Gasteiger partial charge in [0.15, 0.2) is 17.6 Å². The van der Waals surface area contributed by atoms with Gasteiger partial charge < -0.3 is 35.9 Å². The zero-order valence-corrected chi connectivity index (χ0v) is 27.6. The van der Waals surface area contributed by atoms with Crippen molar-refractivity contribution in [2.24, 2.45) is 5.73 Å². The molecule has 1 fully saturated rings. The Balaban J connectivity index is 1.70. The number of benzene rings is 2. The summed E-state index contributed by atoms with van der Waals surface area (Å²) in [7, 11) is 1.35. The minimum absolute atomic E-state index is 0.00596. The molecule has 0 bridgehead atoms. The van der Waals surface area contributed by atoms with Crippen molar-refractivity contribution >= 4 is 17.4 Å². The molecule has 0 spiro atoms. The normalized spacial score (nSPS) is 21.7. The van der Waals surface area contributed by atoms with Crippen molar-refractivity contribution in [1.82, 2.24) is 16.0 Å². The van der Waals surface area contributed by atoms with Crippen LogP contribution >= 0.6 is 0 Å². The highest BCUT2D eigenvalue weighted by atomic mass is 19.4. The lowest BCUT2D eigenvalue weighted by molar-refractivity contribution is -0.270. The highest BCUT2D eigenvalue weighted by molar-refractivity contribution is 5.95. The average molecular weight is 675 g/mol. The molecule has 0 aromatic heterocycles. The van der Waals surface area contributed by atoms with Gasteiger partial charge in [0, 0.05) is 30.8 Å². The summed E-state index contributed by atoms with van der Waals surface area (Å²) in [6.07, 6.45) is -4.50. The fraction of sp³-hybridized carbons (Fsp3) is 0.429. The van der Waals surface area contributed by atoms with Crippen LogP contribution in [0.3, 0.4) is 0 Å². The van der Waals surface area contributed by atoms with Gasteiger partial charge in [0.25, 0.3) is 11.8 Å². The van der Waals surface area contributed by atoms with Gasteiger partial charge in [-0.3, -0.25) is 9.59 Å². The second-order valence-electron chi connectivity index (χ2n) is 12.3. The predicted molar refractivity (Wildman–Crippen MR) is 174 cm³/mol.